The van der Waals surface area contributed by atoms with Crippen molar-refractivity contribution in [3.63, 3.8) is 0 Å². The highest BCUT2D eigenvalue weighted by Crippen LogP contribution is 2.26. The maximum absolute atomic E-state index is 12.1. The minimum atomic E-state index is -0.839. The Hall–Kier alpha value is -2.06. The number of rotatable bonds is 5. The number of thioether (sulfide) groups is 1. The van der Waals surface area contributed by atoms with Gasteiger partial charge < -0.3 is 5.32 Å². The van der Waals surface area contributed by atoms with Crippen LogP contribution in [0.5, 0.6) is 0 Å². The molecule has 1 atom stereocenters. The van der Waals surface area contributed by atoms with Gasteiger partial charge in [0.05, 0.1) is 17.3 Å². The van der Waals surface area contributed by atoms with Gasteiger partial charge in [0.15, 0.2) is 0 Å². The molecule has 5 heteroatoms. The maximum Gasteiger partial charge on any atom is 0.231 e. The molecule has 2 aromatic rings. The Kier molecular flexibility index (Phi) is 5.04. The summed E-state index contributed by atoms with van der Waals surface area (Å²) in [5.74, 6) is 0.168. The second-order valence-electron chi connectivity index (χ2n) is 5.64. The number of nitriles is 1. The standard InChI is InChI=1S/C17H19N3OS/c1-12(2)17(3,11-18)20-15(21)10-22-14-8-4-6-13-7-5-9-19-16(13)14/h4-9,12H,10H2,1-3H3,(H,20,21)/t17-/m0/s1. The van der Waals surface area contributed by atoms with Crippen molar-refractivity contribution in [1.29, 1.82) is 5.26 Å². The molecule has 0 aliphatic rings. The molecule has 2 rings (SSSR count). The van der Waals surface area contributed by atoms with E-state index in [0.717, 1.165) is 15.8 Å². The summed E-state index contributed by atoms with van der Waals surface area (Å²) >= 11 is 1.44. The third kappa shape index (κ3) is 3.58. The molecule has 0 saturated heterocycles. The van der Waals surface area contributed by atoms with Crippen LogP contribution >= 0.6 is 11.8 Å². The average molecular weight is 313 g/mol. The molecule has 1 aromatic carbocycles. The van der Waals surface area contributed by atoms with Crippen molar-refractivity contribution in [2.24, 2.45) is 5.92 Å². The van der Waals surface area contributed by atoms with E-state index in [1.165, 1.54) is 11.8 Å². The number of hydrogen-bond donors (Lipinski definition) is 1. The average Bonchev–Trinajstić information content (AvgIpc) is 2.52. The molecule has 0 unspecified atom stereocenters. The van der Waals surface area contributed by atoms with Crippen LogP contribution in [0.25, 0.3) is 10.9 Å². The molecule has 114 valence electrons. The van der Waals surface area contributed by atoms with Gasteiger partial charge in [-0.05, 0) is 25.0 Å². The van der Waals surface area contributed by atoms with Crippen LogP contribution in [0.3, 0.4) is 0 Å². The number of benzene rings is 1. The number of hydrogen-bond acceptors (Lipinski definition) is 4. The van der Waals surface area contributed by atoms with Crippen molar-refractivity contribution < 1.29 is 4.79 Å². The molecule has 22 heavy (non-hydrogen) atoms. The second-order valence-corrected chi connectivity index (χ2v) is 6.65. The van der Waals surface area contributed by atoms with Gasteiger partial charge in [-0.1, -0.05) is 32.0 Å². The molecule has 0 saturated carbocycles. The third-order valence-electron chi connectivity index (χ3n) is 3.74. The molecule has 4 nitrogen and oxygen atoms in total. The van der Waals surface area contributed by atoms with Crippen LogP contribution in [0.15, 0.2) is 41.4 Å². The topological polar surface area (TPSA) is 65.8 Å². The van der Waals surface area contributed by atoms with Crippen molar-refractivity contribution in [3.05, 3.63) is 36.5 Å². The number of amides is 1. The Balaban J connectivity index is 2.06. The predicted octanol–water partition coefficient (Wildman–Crippen LogP) is 3.38. The van der Waals surface area contributed by atoms with Crippen LogP contribution in [-0.2, 0) is 4.79 Å². The molecule has 0 aliphatic carbocycles. The summed E-state index contributed by atoms with van der Waals surface area (Å²) in [7, 11) is 0. The molecular weight excluding hydrogens is 294 g/mol. The first-order chi connectivity index (χ1) is 10.5. The Bertz CT molecular complexity index is 718. The van der Waals surface area contributed by atoms with Gasteiger partial charge >= 0.3 is 0 Å². The third-order valence-corrected chi connectivity index (χ3v) is 4.79. The number of aromatic nitrogens is 1. The van der Waals surface area contributed by atoms with E-state index in [2.05, 4.69) is 16.4 Å². The van der Waals surface area contributed by atoms with Gasteiger partial charge in [-0.25, -0.2) is 0 Å². The van der Waals surface area contributed by atoms with E-state index in [1.807, 2.05) is 44.2 Å². The zero-order valence-electron chi connectivity index (χ0n) is 13.0. The fraction of sp³-hybridized carbons (Fsp3) is 0.353. The van der Waals surface area contributed by atoms with Crippen LogP contribution in [0.4, 0.5) is 0 Å². The Morgan fingerprint density at radius 2 is 2.14 bits per heavy atom. The Labute approximate surface area is 134 Å². The fourth-order valence-corrected chi connectivity index (χ4v) is 2.80. The molecule has 1 heterocycles. The number of fused-ring (bicyclic) bond motifs is 1. The quantitative estimate of drug-likeness (QED) is 0.859. The van der Waals surface area contributed by atoms with Gasteiger partial charge in [0.2, 0.25) is 5.91 Å². The molecule has 1 aromatic heterocycles. The van der Waals surface area contributed by atoms with E-state index in [-0.39, 0.29) is 17.6 Å². The van der Waals surface area contributed by atoms with Crippen molar-refractivity contribution in [1.82, 2.24) is 10.3 Å². The summed E-state index contributed by atoms with van der Waals surface area (Å²) in [6.07, 6.45) is 1.75. The van der Waals surface area contributed by atoms with Crippen LogP contribution < -0.4 is 5.32 Å². The van der Waals surface area contributed by atoms with Crippen molar-refractivity contribution in [2.75, 3.05) is 5.75 Å². The molecule has 1 amide bonds. The van der Waals surface area contributed by atoms with E-state index in [1.54, 1.807) is 13.1 Å². The summed E-state index contributed by atoms with van der Waals surface area (Å²) in [5, 5.41) is 13.1. The Morgan fingerprint density at radius 3 is 2.82 bits per heavy atom. The number of pyridine rings is 1. The smallest absolute Gasteiger partial charge is 0.231 e. The fourth-order valence-electron chi connectivity index (χ4n) is 1.96. The molecular formula is C17H19N3OS. The van der Waals surface area contributed by atoms with E-state index in [9.17, 15) is 10.1 Å². The zero-order valence-corrected chi connectivity index (χ0v) is 13.8. The normalized spacial score (nSPS) is 13.6. The first kappa shape index (κ1) is 16.3. The molecule has 0 radical (unpaired) electrons. The van der Waals surface area contributed by atoms with Crippen molar-refractivity contribution in [3.8, 4) is 6.07 Å². The number of carbonyl (C=O) groups is 1. The van der Waals surface area contributed by atoms with Gasteiger partial charge in [0.1, 0.15) is 5.54 Å². The zero-order chi connectivity index (χ0) is 16.2. The SMILES string of the molecule is CC(C)[C@](C)(C#N)NC(=O)CSc1cccc2cccnc12. The lowest BCUT2D eigenvalue weighted by molar-refractivity contribution is -0.120. The van der Waals surface area contributed by atoms with E-state index in [4.69, 9.17) is 0 Å². The highest BCUT2D eigenvalue weighted by atomic mass is 32.2. The van der Waals surface area contributed by atoms with Crippen molar-refractivity contribution >= 4 is 28.6 Å². The highest BCUT2D eigenvalue weighted by Gasteiger charge is 2.29. The lowest BCUT2D eigenvalue weighted by Crippen LogP contribution is -2.49. The van der Waals surface area contributed by atoms with Gasteiger partial charge in [-0.3, -0.25) is 9.78 Å². The first-order valence-electron chi connectivity index (χ1n) is 7.15. The lowest BCUT2D eigenvalue weighted by Gasteiger charge is -2.27. The highest BCUT2D eigenvalue weighted by molar-refractivity contribution is 8.00. The molecule has 0 fully saturated rings. The minimum absolute atomic E-state index is 0.0469. The summed E-state index contributed by atoms with van der Waals surface area (Å²) in [5.41, 5.74) is 0.0592. The molecule has 0 aliphatic heterocycles. The van der Waals surface area contributed by atoms with Crippen LogP contribution in [-0.4, -0.2) is 22.2 Å². The largest absolute Gasteiger partial charge is 0.337 e. The molecule has 0 spiro atoms. The van der Waals surface area contributed by atoms with Crippen LogP contribution in [0, 0.1) is 17.2 Å². The van der Waals surface area contributed by atoms with Crippen LogP contribution in [0.2, 0.25) is 0 Å². The molecule has 0 bridgehead atoms. The van der Waals surface area contributed by atoms with Gasteiger partial charge in [-0.15, -0.1) is 11.8 Å². The van der Waals surface area contributed by atoms with Gasteiger partial charge in [0.25, 0.3) is 0 Å². The molecule has 1 N–H and O–H groups in total. The Morgan fingerprint density at radius 1 is 1.41 bits per heavy atom. The predicted molar refractivity (Wildman–Crippen MR) is 89.5 cm³/mol. The minimum Gasteiger partial charge on any atom is -0.337 e. The monoisotopic (exact) mass is 313 g/mol. The summed E-state index contributed by atoms with van der Waals surface area (Å²) < 4.78 is 0. The van der Waals surface area contributed by atoms with Gasteiger partial charge in [0, 0.05) is 16.5 Å². The van der Waals surface area contributed by atoms with E-state index < -0.39 is 5.54 Å². The summed E-state index contributed by atoms with van der Waals surface area (Å²) in [4.78, 5) is 17.5. The maximum atomic E-state index is 12.1. The number of para-hydroxylation sites is 1. The second kappa shape index (κ2) is 6.80. The summed E-state index contributed by atoms with van der Waals surface area (Å²) in [6.45, 7) is 5.59. The number of nitrogens with zero attached hydrogens (tertiary/aromatic N) is 2. The van der Waals surface area contributed by atoms with E-state index >= 15 is 0 Å². The van der Waals surface area contributed by atoms with E-state index in [0.29, 0.717) is 0 Å². The number of carbonyl (C=O) groups excluding carboxylic acids is 1. The van der Waals surface area contributed by atoms with Crippen molar-refractivity contribution in [2.45, 2.75) is 31.2 Å². The number of nitrogens with one attached hydrogen (secondary N) is 1. The van der Waals surface area contributed by atoms with Crippen LogP contribution in [0.1, 0.15) is 20.8 Å². The lowest BCUT2D eigenvalue weighted by atomic mass is 9.90. The summed E-state index contributed by atoms with van der Waals surface area (Å²) in [6, 6.07) is 12.0. The first-order valence-corrected chi connectivity index (χ1v) is 8.13. The van der Waals surface area contributed by atoms with Gasteiger partial charge in [-0.2, -0.15) is 5.26 Å².